The molecule has 0 atom stereocenters. The summed E-state index contributed by atoms with van der Waals surface area (Å²) in [5.41, 5.74) is -0.958. The normalized spacial score (nSPS) is 10.6. The molecule has 0 fully saturated rings. The molecular formula is C15H10NO2-. The second-order valence-corrected chi connectivity index (χ2v) is 3.84. The fraction of sp³-hybridized carbons (Fsp3) is 0.0667. The fourth-order valence-electron chi connectivity index (χ4n) is 1.94. The van der Waals surface area contributed by atoms with Crippen LogP contribution >= 0.6 is 0 Å². The van der Waals surface area contributed by atoms with E-state index in [2.05, 4.69) is 4.85 Å². The highest BCUT2D eigenvalue weighted by Gasteiger charge is 2.43. The SMILES string of the molecule is [C-]#[N+]C(C(=O)[O-])(c1ccccc1)c1ccccc1. The molecule has 18 heavy (non-hydrogen) atoms. The summed E-state index contributed by atoms with van der Waals surface area (Å²) in [6, 6.07) is 16.9. The van der Waals surface area contributed by atoms with Crippen LogP contribution in [0.3, 0.4) is 0 Å². The van der Waals surface area contributed by atoms with Crippen LogP contribution in [-0.2, 0) is 10.3 Å². The van der Waals surface area contributed by atoms with Crippen molar-refractivity contribution in [2.45, 2.75) is 5.54 Å². The summed E-state index contributed by atoms with van der Waals surface area (Å²) >= 11 is 0. The Morgan fingerprint density at radius 2 is 1.33 bits per heavy atom. The molecule has 0 bridgehead atoms. The van der Waals surface area contributed by atoms with Crippen LogP contribution in [0.5, 0.6) is 0 Å². The summed E-state index contributed by atoms with van der Waals surface area (Å²) in [5.74, 6) is -1.41. The van der Waals surface area contributed by atoms with Gasteiger partial charge in [-0.15, -0.1) is 0 Å². The predicted octanol–water partition coefficient (Wildman–Crippen LogP) is 1.60. The third-order valence-corrected chi connectivity index (χ3v) is 2.85. The number of hydrogen-bond donors (Lipinski definition) is 0. The Hall–Kier alpha value is -2.60. The van der Waals surface area contributed by atoms with Gasteiger partial charge < -0.3 is 9.90 Å². The molecule has 0 unspecified atom stereocenters. The number of carboxylic acid groups (broad SMARTS) is 1. The third kappa shape index (κ3) is 1.74. The minimum Gasteiger partial charge on any atom is -0.542 e. The largest absolute Gasteiger partial charge is 0.542 e. The van der Waals surface area contributed by atoms with Gasteiger partial charge in [0.1, 0.15) is 5.97 Å². The minimum absolute atomic E-state index is 0.409. The number of rotatable bonds is 3. The Morgan fingerprint density at radius 3 is 1.61 bits per heavy atom. The van der Waals surface area contributed by atoms with Crippen molar-refractivity contribution in [3.63, 3.8) is 0 Å². The van der Waals surface area contributed by atoms with Gasteiger partial charge in [-0.05, 0) is 0 Å². The van der Waals surface area contributed by atoms with Gasteiger partial charge in [0.05, 0.1) is 0 Å². The zero-order valence-electron chi connectivity index (χ0n) is 9.54. The van der Waals surface area contributed by atoms with Crippen LogP contribution in [0.1, 0.15) is 11.1 Å². The van der Waals surface area contributed by atoms with E-state index >= 15 is 0 Å². The van der Waals surface area contributed by atoms with E-state index in [9.17, 15) is 9.90 Å². The van der Waals surface area contributed by atoms with E-state index in [1.807, 2.05) is 0 Å². The second kappa shape index (κ2) is 4.72. The second-order valence-electron chi connectivity index (χ2n) is 3.84. The highest BCUT2D eigenvalue weighted by atomic mass is 16.4. The lowest BCUT2D eigenvalue weighted by Gasteiger charge is -2.23. The van der Waals surface area contributed by atoms with Crippen LogP contribution < -0.4 is 5.11 Å². The van der Waals surface area contributed by atoms with Crippen LogP contribution in [0.15, 0.2) is 60.7 Å². The summed E-state index contributed by atoms with van der Waals surface area (Å²) in [7, 11) is 0. The zero-order chi connectivity index (χ0) is 13.0. The number of carbonyl (C=O) groups excluding carboxylic acids is 1. The van der Waals surface area contributed by atoms with Gasteiger partial charge >= 0.3 is 5.54 Å². The topological polar surface area (TPSA) is 44.5 Å². The first kappa shape index (κ1) is 11.9. The Bertz CT molecular complexity index is 545. The number of aliphatic carboxylic acids is 1. The molecule has 0 heterocycles. The molecule has 0 radical (unpaired) electrons. The van der Waals surface area contributed by atoms with Crippen molar-refractivity contribution in [3.05, 3.63) is 83.2 Å². The maximum Gasteiger partial charge on any atom is 0.321 e. The van der Waals surface area contributed by atoms with E-state index in [0.717, 1.165) is 0 Å². The lowest BCUT2D eigenvalue weighted by atomic mass is 9.83. The van der Waals surface area contributed by atoms with Gasteiger partial charge in [-0.2, -0.15) is 0 Å². The Balaban J connectivity index is 2.71. The maximum atomic E-state index is 11.5. The third-order valence-electron chi connectivity index (χ3n) is 2.85. The number of hydrogen-bond acceptors (Lipinski definition) is 2. The number of nitrogens with zero attached hydrogens (tertiary/aromatic N) is 1. The van der Waals surface area contributed by atoms with Gasteiger partial charge in [-0.1, -0.05) is 60.7 Å². The average molecular weight is 236 g/mol. The highest BCUT2D eigenvalue weighted by molar-refractivity contribution is 5.86. The average Bonchev–Trinajstić information content (AvgIpc) is 2.42. The summed E-state index contributed by atoms with van der Waals surface area (Å²) in [4.78, 5) is 14.9. The monoisotopic (exact) mass is 236 g/mol. The zero-order valence-corrected chi connectivity index (χ0v) is 9.54. The molecule has 3 nitrogen and oxygen atoms in total. The van der Waals surface area contributed by atoms with Gasteiger partial charge in [-0.25, -0.2) is 6.57 Å². The molecule has 0 saturated heterocycles. The van der Waals surface area contributed by atoms with E-state index < -0.39 is 11.5 Å². The first-order valence-electron chi connectivity index (χ1n) is 5.43. The van der Waals surface area contributed by atoms with Gasteiger partial charge in [0.25, 0.3) is 0 Å². The van der Waals surface area contributed by atoms with Gasteiger partial charge in [0.2, 0.25) is 0 Å². The maximum absolute atomic E-state index is 11.5. The molecule has 88 valence electrons. The molecule has 0 aliphatic heterocycles. The summed E-state index contributed by atoms with van der Waals surface area (Å²) in [6.45, 7) is 7.32. The molecule has 0 N–H and O–H groups in total. The molecule has 2 rings (SSSR count). The van der Waals surface area contributed by atoms with Crippen LogP contribution in [0, 0.1) is 6.57 Å². The number of carbonyl (C=O) groups is 1. The van der Waals surface area contributed by atoms with E-state index in [1.54, 1.807) is 60.7 Å². The number of benzene rings is 2. The van der Waals surface area contributed by atoms with Gasteiger partial charge in [0.15, 0.2) is 0 Å². The van der Waals surface area contributed by atoms with Crippen molar-refractivity contribution in [2.75, 3.05) is 0 Å². The molecule has 0 spiro atoms. The lowest BCUT2D eigenvalue weighted by molar-refractivity contribution is -0.310. The molecule has 0 saturated carbocycles. The quantitative estimate of drug-likeness (QED) is 0.760. The van der Waals surface area contributed by atoms with Crippen LogP contribution in [0.2, 0.25) is 0 Å². The fourth-order valence-corrected chi connectivity index (χ4v) is 1.94. The van der Waals surface area contributed by atoms with Crippen LogP contribution in [0.25, 0.3) is 4.85 Å². The standard InChI is InChI=1S/C15H11NO2/c1-16-15(14(17)18,12-8-4-2-5-9-12)13-10-6-3-7-11-13/h2-11H,(H,17,18)/p-1. The molecule has 0 aliphatic carbocycles. The lowest BCUT2D eigenvalue weighted by Crippen LogP contribution is -2.44. The Labute approximate surface area is 105 Å². The van der Waals surface area contributed by atoms with E-state index in [0.29, 0.717) is 11.1 Å². The molecule has 0 amide bonds. The van der Waals surface area contributed by atoms with Crippen LogP contribution in [0.4, 0.5) is 0 Å². The van der Waals surface area contributed by atoms with Crippen molar-refractivity contribution >= 4 is 5.97 Å². The smallest absolute Gasteiger partial charge is 0.321 e. The summed E-state index contributed by atoms with van der Waals surface area (Å²) < 4.78 is 0. The first-order chi connectivity index (χ1) is 8.71. The van der Waals surface area contributed by atoms with Crippen molar-refractivity contribution in [3.8, 4) is 0 Å². The van der Waals surface area contributed by atoms with Crippen LogP contribution in [-0.4, -0.2) is 5.97 Å². The van der Waals surface area contributed by atoms with Crippen molar-refractivity contribution in [1.29, 1.82) is 0 Å². The first-order valence-corrected chi connectivity index (χ1v) is 5.43. The molecule has 3 heteroatoms. The van der Waals surface area contributed by atoms with Gasteiger partial charge in [0, 0.05) is 11.1 Å². The van der Waals surface area contributed by atoms with Gasteiger partial charge in [-0.3, -0.25) is 4.85 Å². The predicted molar refractivity (Wildman–Crippen MR) is 65.3 cm³/mol. The number of carboxylic acids is 1. The molecule has 2 aromatic rings. The molecule has 0 aromatic heterocycles. The molecule has 0 aliphatic rings. The van der Waals surface area contributed by atoms with Crippen molar-refractivity contribution in [2.24, 2.45) is 0 Å². The molecule has 2 aromatic carbocycles. The van der Waals surface area contributed by atoms with E-state index in [4.69, 9.17) is 6.57 Å². The highest BCUT2D eigenvalue weighted by Crippen LogP contribution is 2.33. The van der Waals surface area contributed by atoms with Crippen molar-refractivity contribution < 1.29 is 9.90 Å². The van der Waals surface area contributed by atoms with E-state index in [-0.39, 0.29) is 0 Å². The summed E-state index contributed by atoms with van der Waals surface area (Å²) in [6.07, 6.45) is 0. The molecular weight excluding hydrogens is 226 g/mol. The minimum atomic E-state index is -1.78. The summed E-state index contributed by atoms with van der Waals surface area (Å²) in [5, 5.41) is 11.5. The van der Waals surface area contributed by atoms with Crippen molar-refractivity contribution in [1.82, 2.24) is 0 Å². The Kier molecular flexibility index (Phi) is 3.11. The Morgan fingerprint density at radius 1 is 0.944 bits per heavy atom. The van der Waals surface area contributed by atoms with E-state index in [1.165, 1.54) is 0 Å².